The number of rotatable bonds is 10. The van der Waals surface area contributed by atoms with Crippen molar-refractivity contribution in [3.8, 4) is 0 Å². The summed E-state index contributed by atoms with van der Waals surface area (Å²) in [4.78, 5) is 20.9. The Morgan fingerprint density at radius 1 is 1.14 bits per heavy atom. The second-order valence-corrected chi connectivity index (χ2v) is 12.0. The Hall–Kier alpha value is -2.48. The van der Waals surface area contributed by atoms with Crippen molar-refractivity contribution in [3.05, 3.63) is 52.4 Å². The number of thiophene rings is 1. The number of carbonyl (C=O) groups is 2. The number of nitrogens with zero attached hydrogens (tertiary/aromatic N) is 1. The number of likely N-dealkylation sites (N-methyl/N-ethyl adjacent to an activating group) is 1. The van der Waals surface area contributed by atoms with Crippen molar-refractivity contribution in [1.82, 2.24) is 4.72 Å². The molecule has 8 nitrogen and oxygen atoms in total. The van der Waals surface area contributed by atoms with Crippen LogP contribution in [0.1, 0.15) is 22.4 Å². The molecule has 0 spiro atoms. The van der Waals surface area contributed by atoms with Gasteiger partial charge in [-0.2, -0.15) is 13.2 Å². The van der Waals surface area contributed by atoms with E-state index in [9.17, 15) is 26.4 Å². The van der Waals surface area contributed by atoms with Crippen LogP contribution >= 0.6 is 11.3 Å². The number of nitrogens with one attached hydrogen (secondary N) is 1. The molecule has 0 unspecified atom stereocenters. The van der Waals surface area contributed by atoms with E-state index in [0.717, 1.165) is 17.7 Å². The summed E-state index contributed by atoms with van der Waals surface area (Å²) in [6.45, 7) is 2.44. The zero-order valence-corrected chi connectivity index (χ0v) is 21.4. The standard InChI is InChI=1S/C20H28N2O4S2.C2HF3O2/c1-15-6-5-7-16(12-15)8-9-18-10-11-20(27-18)28(25,26)21-17(13-19(23)24)14-22(2,3)4;3-2(4,5)1(6)7/h5-7,10-12,17,21H,8-9,13-14H2,1-4H3;(H,6,7)/t17-;/m1./s1. The van der Waals surface area contributed by atoms with Crippen LogP contribution in [0.5, 0.6) is 0 Å². The smallest absolute Gasteiger partial charge is 0.430 e. The van der Waals surface area contributed by atoms with E-state index in [4.69, 9.17) is 15.0 Å². The van der Waals surface area contributed by atoms with E-state index in [1.165, 1.54) is 22.5 Å². The molecule has 2 rings (SSSR count). The molecule has 0 radical (unpaired) electrons. The average Bonchev–Trinajstić information content (AvgIpc) is 3.14. The fraction of sp³-hybridized carbons (Fsp3) is 0.455. The Kier molecular flexibility index (Phi) is 10.9. The van der Waals surface area contributed by atoms with Gasteiger partial charge >= 0.3 is 12.1 Å². The number of benzene rings is 1. The number of carbonyl (C=O) groups excluding carboxylic acids is 1. The van der Waals surface area contributed by atoms with E-state index in [1.807, 2.05) is 33.3 Å². The number of aliphatic carboxylic acids is 2. The summed E-state index contributed by atoms with van der Waals surface area (Å²) in [6, 6.07) is 11.0. The van der Waals surface area contributed by atoms with Crippen LogP contribution in [0.15, 0.2) is 40.6 Å². The van der Waals surface area contributed by atoms with Gasteiger partial charge in [-0.1, -0.05) is 29.8 Å². The van der Waals surface area contributed by atoms with Gasteiger partial charge in [-0.05, 0) is 37.5 Å². The highest BCUT2D eigenvalue weighted by molar-refractivity contribution is 7.91. The number of sulfonamides is 1. The van der Waals surface area contributed by atoms with Crippen molar-refractivity contribution >= 4 is 33.3 Å². The topological polar surface area (TPSA) is 124 Å². The minimum atomic E-state index is -5.19. The Morgan fingerprint density at radius 2 is 1.74 bits per heavy atom. The highest BCUT2D eigenvalue weighted by atomic mass is 32.2. The molecule has 35 heavy (non-hydrogen) atoms. The average molecular weight is 539 g/mol. The van der Waals surface area contributed by atoms with E-state index in [1.54, 1.807) is 6.07 Å². The van der Waals surface area contributed by atoms with Crippen molar-refractivity contribution in [1.29, 1.82) is 0 Å². The summed E-state index contributed by atoms with van der Waals surface area (Å²) in [6.07, 6.45) is -3.83. The van der Waals surface area contributed by atoms with Gasteiger partial charge in [0, 0.05) is 4.88 Å². The summed E-state index contributed by atoms with van der Waals surface area (Å²) < 4.78 is 60.3. The molecule has 0 aliphatic carbocycles. The SMILES string of the molecule is Cc1cccc(CCc2ccc(S(=O)(=O)N[C@H](CC(=O)O)C[N+](C)(C)C)s2)c1.O=C([O-])C(F)(F)F. The largest absolute Gasteiger partial charge is 0.542 e. The molecule has 0 amide bonds. The van der Waals surface area contributed by atoms with Gasteiger partial charge in [0.05, 0.1) is 40.2 Å². The number of halogens is 3. The lowest BCUT2D eigenvalue weighted by molar-refractivity contribution is -0.871. The van der Waals surface area contributed by atoms with Gasteiger partial charge in [-0.25, -0.2) is 13.1 Å². The minimum Gasteiger partial charge on any atom is -0.542 e. The number of hydrogen-bond acceptors (Lipinski definition) is 6. The fourth-order valence-electron chi connectivity index (χ4n) is 3.07. The molecule has 2 aromatic rings. The molecule has 0 saturated heterocycles. The van der Waals surface area contributed by atoms with Gasteiger partial charge in [0.1, 0.15) is 10.2 Å². The molecule has 1 heterocycles. The van der Waals surface area contributed by atoms with Crippen LogP contribution in [0.25, 0.3) is 0 Å². The number of carboxylic acids is 2. The summed E-state index contributed by atoms with van der Waals surface area (Å²) in [5.41, 5.74) is 2.43. The molecule has 1 atom stereocenters. The molecule has 1 aromatic heterocycles. The molecule has 0 aliphatic heterocycles. The normalized spacial score (nSPS) is 13.0. The third-order valence-electron chi connectivity index (χ3n) is 4.39. The second-order valence-electron chi connectivity index (χ2n) is 8.88. The lowest BCUT2D eigenvalue weighted by atomic mass is 10.1. The third kappa shape index (κ3) is 12.2. The van der Waals surface area contributed by atoms with Gasteiger partial charge in [-0.15, -0.1) is 11.3 Å². The lowest BCUT2D eigenvalue weighted by Gasteiger charge is -2.28. The quantitative estimate of drug-likeness (QED) is 0.446. The van der Waals surface area contributed by atoms with E-state index in [2.05, 4.69) is 29.8 Å². The van der Waals surface area contributed by atoms with E-state index in [-0.39, 0.29) is 10.6 Å². The van der Waals surface area contributed by atoms with Gasteiger partial charge in [-0.3, -0.25) is 4.79 Å². The Morgan fingerprint density at radius 3 is 2.23 bits per heavy atom. The molecule has 0 saturated carbocycles. The maximum atomic E-state index is 12.7. The van der Waals surface area contributed by atoms with Gasteiger partial charge in [0.15, 0.2) is 0 Å². The first-order chi connectivity index (χ1) is 15.9. The van der Waals surface area contributed by atoms with Gasteiger partial charge in [0.2, 0.25) is 0 Å². The Labute approximate surface area is 206 Å². The van der Waals surface area contributed by atoms with Crippen LogP contribution in [-0.2, 0) is 32.5 Å². The van der Waals surface area contributed by atoms with Crippen LogP contribution in [0.4, 0.5) is 13.2 Å². The summed E-state index contributed by atoms with van der Waals surface area (Å²) in [5, 5.41) is 17.9. The van der Waals surface area contributed by atoms with Crippen molar-refractivity contribution < 1.29 is 45.9 Å². The zero-order valence-electron chi connectivity index (χ0n) is 19.8. The molecular weight excluding hydrogens is 509 g/mol. The number of carboxylic acid groups (broad SMARTS) is 2. The fourth-order valence-corrected chi connectivity index (χ4v) is 5.66. The van der Waals surface area contributed by atoms with E-state index < -0.39 is 34.2 Å². The molecule has 196 valence electrons. The first-order valence-corrected chi connectivity index (χ1v) is 12.7. The molecular formula is C22H29F3N2O6S2. The Bertz CT molecular complexity index is 1110. The van der Waals surface area contributed by atoms with Crippen LogP contribution in [0.3, 0.4) is 0 Å². The highest BCUT2D eigenvalue weighted by Crippen LogP contribution is 2.24. The van der Waals surface area contributed by atoms with Crippen molar-refractivity contribution in [2.75, 3.05) is 27.7 Å². The lowest BCUT2D eigenvalue weighted by Crippen LogP contribution is -2.49. The van der Waals surface area contributed by atoms with Crippen LogP contribution < -0.4 is 9.83 Å². The predicted octanol–water partition coefficient (Wildman–Crippen LogP) is 1.97. The molecule has 13 heteroatoms. The summed E-state index contributed by atoms with van der Waals surface area (Å²) in [5.74, 6) is -4.03. The predicted molar refractivity (Wildman–Crippen MR) is 123 cm³/mol. The maximum Gasteiger partial charge on any atom is 0.430 e. The highest BCUT2D eigenvalue weighted by Gasteiger charge is 2.29. The molecule has 0 bridgehead atoms. The van der Waals surface area contributed by atoms with E-state index in [0.29, 0.717) is 11.0 Å². The first-order valence-electron chi connectivity index (χ1n) is 10.4. The van der Waals surface area contributed by atoms with Crippen molar-refractivity contribution in [2.24, 2.45) is 0 Å². The third-order valence-corrected chi connectivity index (χ3v) is 7.54. The number of alkyl halides is 3. The zero-order chi connectivity index (χ0) is 27.0. The molecule has 0 aliphatic rings. The van der Waals surface area contributed by atoms with Crippen molar-refractivity contribution in [2.45, 2.75) is 42.6 Å². The first kappa shape index (κ1) is 30.6. The van der Waals surface area contributed by atoms with Crippen LogP contribution in [0, 0.1) is 6.92 Å². The van der Waals surface area contributed by atoms with E-state index >= 15 is 0 Å². The van der Waals surface area contributed by atoms with Crippen LogP contribution in [0.2, 0.25) is 0 Å². The molecule has 1 aromatic carbocycles. The molecule has 0 fully saturated rings. The maximum absolute atomic E-state index is 12.7. The van der Waals surface area contributed by atoms with Gasteiger partial charge < -0.3 is 19.5 Å². The van der Waals surface area contributed by atoms with Gasteiger partial charge in [0.25, 0.3) is 10.0 Å². The summed E-state index contributed by atoms with van der Waals surface area (Å²) >= 11 is 1.24. The number of aryl methyl sites for hydroxylation is 3. The number of hydrogen-bond donors (Lipinski definition) is 2. The number of quaternary nitrogens is 1. The molecule has 2 N–H and O–H groups in total. The van der Waals surface area contributed by atoms with Crippen molar-refractivity contribution in [3.63, 3.8) is 0 Å². The monoisotopic (exact) mass is 538 g/mol. The summed E-state index contributed by atoms with van der Waals surface area (Å²) in [7, 11) is 1.95. The Balaban J connectivity index is 0.000000762. The van der Waals surface area contributed by atoms with Crippen LogP contribution in [-0.4, -0.2) is 69.9 Å². The minimum absolute atomic E-state index is 0.226. The second kappa shape index (κ2) is 12.5.